The van der Waals surface area contributed by atoms with Crippen LogP contribution in [0.25, 0.3) is 44.2 Å². The second kappa shape index (κ2) is 12.1. The summed E-state index contributed by atoms with van der Waals surface area (Å²) in [5.74, 6) is 0.952. The summed E-state index contributed by atoms with van der Waals surface area (Å²) in [6, 6.07) is 30.3. The molecule has 3 heterocycles. The van der Waals surface area contributed by atoms with E-state index in [9.17, 15) is 4.79 Å². The lowest BCUT2D eigenvalue weighted by Gasteiger charge is -2.35. The van der Waals surface area contributed by atoms with Crippen LogP contribution in [-0.4, -0.2) is 67.6 Å². The average molecular weight is 597 g/mol. The van der Waals surface area contributed by atoms with Crippen molar-refractivity contribution in [2.24, 2.45) is 0 Å². The first-order chi connectivity index (χ1) is 22.1. The number of fused-ring (bicyclic) bond motifs is 3. The number of nitrogens with zero attached hydrogens (tertiary/aromatic N) is 3. The third kappa shape index (κ3) is 5.29. The number of rotatable bonds is 8. The summed E-state index contributed by atoms with van der Waals surface area (Å²) in [5, 5.41) is 2.05. The summed E-state index contributed by atoms with van der Waals surface area (Å²) in [7, 11) is 3.21. The zero-order valence-corrected chi connectivity index (χ0v) is 25.8. The van der Waals surface area contributed by atoms with E-state index in [0.29, 0.717) is 22.6 Å². The number of ketones is 1. The molecule has 0 spiro atoms. The molecule has 1 saturated heterocycles. The van der Waals surface area contributed by atoms with Crippen LogP contribution in [0.2, 0.25) is 0 Å². The van der Waals surface area contributed by atoms with Gasteiger partial charge in [0.05, 0.1) is 19.8 Å². The van der Waals surface area contributed by atoms with Gasteiger partial charge < -0.3 is 24.3 Å². The first-order valence-electron chi connectivity index (χ1n) is 15.4. The molecule has 0 amide bonds. The van der Waals surface area contributed by atoms with Crippen LogP contribution in [0, 0.1) is 0 Å². The first kappa shape index (κ1) is 28.6. The fourth-order valence-electron chi connectivity index (χ4n) is 6.44. The molecule has 2 aromatic heterocycles. The molecule has 7 heteroatoms. The molecule has 0 unspecified atom stereocenters. The maximum atomic E-state index is 13.4. The molecule has 6 aromatic rings. The van der Waals surface area contributed by atoms with Crippen LogP contribution in [0.5, 0.6) is 11.5 Å². The number of piperazine rings is 1. The molecule has 1 aliphatic heterocycles. The molecule has 1 N–H and O–H groups in total. The van der Waals surface area contributed by atoms with Crippen LogP contribution >= 0.6 is 0 Å². The predicted octanol–water partition coefficient (Wildman–Crippen LogP) is 7.44. The largest absolute Gasteiger partial charge is 0.496 e. The molecule has 1 fully saturated rings. The SMILES string of the molecule is CCN1CCN(c2ccc(-c3ccc4[nH]c5nccc(-c6cc(OC)c(C(=O)c7ccccc7)cc6OC)c5c4c3)cc2)CC1. The highest BCUT2D eigenvalue weighted by Crippen LogP contribution is 2.42. The van der Waals surface area contributed by atoms with Crippen molar-refractivity contribution in [3.8, 4) is 33.8 Å². The van der Waals surface area contributed by atoms with Gasteiger partial charge in [-0.15, -0.1) is 0 Å². The topological polar surface area (TPSA) is 70.7 Å². The standard InChI is InChI=1S/C38H36N4O3/c1-4-41-18-20-42(21-19-41)28-13-10-25(11-14-28)27-12-15-33-31(22-27)36-29(16-17-39-38(36)40-33)30-23-35(45-3)32(24-34(30)44-2)37(43)26-8-6-5-7-9-26/h5-17,22-24H,4,18-21H2,1-3H3,(H,39,40). The fraction of sp³-hybridized carbons (Fsp3) is 0.211. The average Bonchev–Trinajstić information content (AvgIpc) is 3.49. The van der Waals surface area contributed by atoms with Crippen LogP contribution in [0.15, 0.2) is 97.2 Å². The van der Waals surface area contributed by atoms with Gasteiger partial charge >= 0.3 is 0 Å². The number of likely N-dealkylation sites (N-methyl/N-ethyl adjacent to an activating group) is 1. The highest BCUT2D eigenvalue weighted by Gasteiger charge is 2.22. The third-order valence-corrected chi connectivity index (χ3v) is 8.97. The number of aromatic amines is 1. The molecular formula is C38H36N4O3. The van der Waals surface area contributed by atoms with Crippen molar-refractivity contribution < 1.29 is 14.3 Å². The molecule has 226 valence electrons. The number of nitrogens with one attached hydrogen (secondary N) is 1. The maximum absolute atomic E-state index is 13.4. The lowest BCUT2D eigenvalue weighted by atomic mass is 9.95. The van der Waals surface area contributed by atoms with Gasteiger partial charge in [0.2, 0.25) is 0 Å². The van der Waals surface area contributed by atoms with E-state index in [0.717, 1.165) is 76.9 Å². The van der Waals surface area contributed by atoms with E-state index in [1.54, 1.807) is 38.6 Å². The number of ether oxygens (including phenoxy) is 2. The van der Waals surface area contributed by atoms with Crippen molar-refractivity contribution in [3.05, 3.63) is 108 Å². The zero-order chi connectivity index (χ0) is 30.9. The Bertz CT molecular complexity index is 1990. The Morgan fingerprint density at radius 2 is 1.53 bits per heavy atom. The van der Waals surface area contributed by atoms with Crippen molar-refractivity contribution in [1.29, 1.82) is 0 Å². The normalized spacial score (nSPS) is 13.8. The van der Waals surface area contributed by atoms with E-state index in [1.165, 1.54) is 5.69 Å². The number of carbonyl (C=O) groups is 1. The molecule has 0 radical (unpaired) electrons. The Hall–Kier alpha value is -5.14. The number of benzene rings is 4. The van der Waals surface area contributed by atoms with Gasteiger partial charge in [0.25, 0.3) is 0 Å². The van der Waals surface area contributed by atoms with Crippen molar-refractivity contribution in [3.63, 3.8) is 0 Å². The Kier molecular flexibility index (Phi) is 7.69. The van der Waals surface area contributed by atoms with Gasteiger partial charge in [-0.05, 0) is 65.7 Å². The summed E-state index contributed by atoms with van der Waals surface area (Å²) >= 11 is 0. The van der Waals surface area contributed by atoms with Crippen LogP contribution in [0.1, 0.15) is 22.8 Å². The van der Waals surface area contributed by atoms with Gasteiger partial charge in [0.1, 0.15) is 17.1 Å². The van der Waals surface area contributed by atoms with Gasteiger partial charge in [-0.25, -0.2) is 4.98 Å². The Morgan fingerprint density at radius 1 is 0.800 bits per heavy atom. The Labute approximate surface area is 263 Å². The maximum Gasteiger partial charge on any atom is 0.196 e. The van der Waals surface area contributed by atoms with Gasteiger partial charge in [0.15, 0.2) is 5.78 Å². The molecule has 0 saturated carbocycles. The van der Waals surface area contributed by atoms with E-state index in [4.69, 9.17) is 9.47 Å². The van der Waals surface area contributed by atoms with E-state index < -0.39 is 0 Å². The summed E-state index contributed by atoms with van der Waals surface area (Å²) in [5.41, 5.74) is 8.16. The number of H-pyrrole nitrogens is 1. The molecule has 45 heavy (non-hydrogen) atoms. The van der Waals surface area contributed by atoms with Gasteiger partial charge in [-0.3, -0.25) is 4.79 Å². The molecule has 1 aliphatic rings. The van der Waals surface area contributed by atoms with E-state index in [2.05, 4.69) is 69.2 Å². The number of aromatic nitrogens is 2. The van der Waals surface area contributed by atoms with Gasteiger partial charge in [-0.1, -0.05) is 55.5 Å². The minimum absolute atomic E-state index is 0.122. The lowest BCUT2D eigenvalue weighted by Crippen LogP contribution is -2.46. The highest BCUT2D eigenvalue weighted by atomic mass is 16.5. The van der Waals surface area contributed by atoms with Crippen LogP contribution in [0.3, 0.4) is 0 Å². The summed E-state index contributed by atoms with van der Waals surface area (Å²) in [6.45, 7) is 7.66. The van der Waals surface area contributed by atoms with E-state index in [1.807, 2.05) is 30.3 Å². The van der Waals surface area contributed by atoms with Crippen LogP contribution in [0.4, 0.5) is 5.69 Å². The van der Waals surface area contributed by atoms with E-state index in [-0.39, 0.29) is 5.78 Å². The zero-order valence-electron chi connectivity index (χ0n) is 25.8. The molecule has 7 nitrogen and oxygen atoms in total. The summed E-state index contributed by atoms with van der Waals surface area (Å²) < 4.78 is 11.7. The van der Waals surface area contributed by atoms with Gasteiger partial charge in [0, 0.05) is 65.5 Å². The minimum atomic E-state index is -0.122. The summed E-state index contributed by atoms with van der Waals surface area (Å²) in [4.78, 5) is 26.6. The van der Waals surface area contributed by atoms with Gasteiger partial charge in [-0.2, -0.15) is 0 Å². The molecule has 7 rings (SSSR count). The number of methoxy groups -OCH3 is 2. The molecule has 0 aliphatic carbocycles. The van der Waals surface area contributed by atoms with Crippen molar-refractivity contribution in [2.45, 2.75) is 6.92 Å². The molecule has 0 bridgehead atoms. The Balaban J connectivity index is 1.29. The molecular weight excluding hydrogens is 560 g/mol. The monoisotopic (exact) mass is 596 g/mol. The Morgan fingerprint density at radius 3 is 2.24 bits per heavy atom. The second-order valence-corrected chi connectivity index (χ2v) is 11.4. The third-order valence-electron chi connectivity index (χ3n) is 8.97. The summed E-state index contributed by atoms with van der Waals surface area (Å²) in [6.07, 6.45) is 1.79. The quantitative estimate of drug-likeness (QED) is 0.184. The highest BCUT2D eigenvalue weighted by molar-refractivity contribution is 6.15. The number of hydrogen-bond acceptors (Lipinski definition) is 6. The molecule has 4 aromatic carbocycles. The van der Waals surface area contributed by atoms with Crippen LogP contribution < -0.4 is 14.4 Å². The number of carbonyl (C=O) groups excluding carboxylic acids is 1. The van der Waals surface area contributed by atoms with Crippen molar-refractivity contribution >= 4 is 33.4 Å². The fourth-order valence-corrected chi connectivity index (χ4v) is 6.44. The number of anilines is 1. The smallest absolute Gasteiger partial charge is 0.196 e. The second-order valence-electron chi connectivity index (χ2n) is 11.4. The molecule has 0 atom stereocenters. The predicted molar refractivity (Wildman–Crippen MR) is 182 cm³/mol. The lowest BCUT2D eigenvalue weighted by molar-refractivity contribution is 0.103. The van der Waals surface area contributed by atoms with Crippen molar-refractivity contribution in [2.75, 3.05) is 51.8 Å². The van der Waals surface area contributed by atoms with E-state index >= 15 is 0 Å². The number of pyridine rings is 1. The minimum Gasteiger partial charge on any atom is -0.496 e. The van der Waals surface area contributed by atoms with Crippen molar-refractivity contribution in [1.82, 2.24) is 14.9 Å². The van der Waals surface area contributed by atoms with Crippen LogP contribution in [-0.2, 0) is 0 Å². The number of hydrogen-bond donors (Lipinski definition) is 1. The first-order valence-corrected chi connectivity index (χ1v) is 15.4.